The van der Waals surface area contributed by atoms with Gasteiger partial charge in [-0.3, -0.25) is 4.79 Å². The van der Waals surface area contributed by atoms with Crippen molar-refractivity contribution in [1.29, 1.82) is 0 Å². The lowest BCUT2D eigenvalue weighted by Gasteiger charge is -2.11. The van der Waals surface area contributed by atoms with Gasteiger partial charge in [-0.15, -0.1) is 6.58 Å². The number of amides is 1. The molecule has 2 rings (SSSR count). The highest BCUT2D eigenvalue weighted by molar-refractivity contribution is 5.77. The Morgan fingerprint density at radius 3 is 2.91 bits per heavy atom. The fraction of sp³-hybridized carbons (Fsp3) is 0.235. The number of methoxy groups -OCH3 is 1. The van der Waals surface area contributed by atoms with Crippen molar-refractivity contribution in [2.45, 2.75) is 13.0 Å². The number of benzene rings is 1. The van der Waals surface area contributed by atoms with E-state index in [0.717, 1.165) is 12.0 Å². The molecular formula is C17H19NO4. The van der Waals surface area contributed by atoms with Crippen LogP contribution in [0, 0.1) is 0 Å². The van der Waals surface area contributed by atoms with Gasteiger partial charge in [-0.2, -0.15) is 0 Å². The van der Waals surface area contributed by atoms with Crippen LogP contribution in [0.5, 0.6) is 11.5 Å². The van der Waals surface area contributed by atoms with E-state index in [1.807, 2.05) is 18.2 Å². The van der Waals surface area contributed by atoms with E-state index in [4.69, 9.17) is 13.9 Å². The molecule has 1 aromatic carbocycles. The molecule has 5 nitrogen and oxygen atoms in total. The third-order valence-electron chi connectivity index (χ3n) is 3.01. The summed E-state index contributed by atoms with van der Waals surface area (Å²) in [5.74, 6) is 1.59. The third kappa shape index (κ3) is 4.41. The van der Waals surface area contributed by atoms with Crippen molar-refractivity contribution >= 4 is 5.91 Å². The Morgan fingerprint density at radius 1 is 1.36 bits per heavy atom. The SMILES string of the molecule is C=CCc1ccc(OCC(=O)NCc2ccco2)c(OC)c1. The summed E-state index contributed by atoms with van der Waals surface area (Å²) in [6.45, 7) is 3.95. The molecule has 1 heterocycles. The highest BCUT2D eigenvalue weighted by atomic mass is 16.5. The second-order valence-electron chi connectivity index (χ2n) is 4.62. The van der Waals surface area contributed by atoms with Crippen LogP contribution in [0.1, 0.15) is 11.3 Å². The maximum atomic E-state index is 11.7. The number of furan rings is 1. The predicted molar refractivity (Wildman–Crippen MR) is 82.9 cm³/mol. The summed E-state index contributed by atoms with van der Waals surface area (Å²) in [6.07, 6.45) is 4.13. The van der Waals surface area contributed by atoms with E-state index in [1.165, 1.54) is 0 Å². The fourth-order valence-corrected chi connectivity index (χ4v) is 1.92. The van der Waals surface area contributed by atoms with Crippen LogP contribution in [-0.4, -0.2) is 19.6 Å². The van der Waals surface area contributed by atoms with Crippen LogP contribution in [0.25, 0.3) is 0 Å². The number of hydrogen-bond donors (Lipinski definition) is 1. The topological polar surface area (TPSA) is 60.7 Å². The first-order valence-corrected chi connectivity index (χ1v) is 6.92. The maximum absolute atomic E-state index is 11.7. The molecule has 0 bridgehead atoms. The van der Waals surface area contributed by atoms with Crippen molar-refractivity contribution < 1.29 is 18.7 Å². The minimum Gasteiger partial charge on any atom is -0.493 e. The van der Waals surface area contributed by atoms with E-state index in [-0.39, 0.29) is 12.5 Å². The van der Waals surface area contributed by atoms with Crippen molar-refractivity contribution in [3.05, 3.63) is 60.6 Å². The summed E-state index contributed by atoms with van der Waals surface area (Å²) in [5, 5.41) is 2.71. The van der Waals surface area contributed by atoms with Gasteiger partial charge in [0.05, 0.1) is 19.9 Å². The first-order chi connectivity index (χ1) is 10.7. The molecule has 22 heavy (non-hydrogen) atoms. The van der Waals surface area contributed by atoms with E-state index < -0.39 is 0 Å². The van der Waals surface area contributed by atoms with Gasteiger partial charge in [0.25, 0.3) is 5.91 Å². The van der Waals surface area contributed by atoms with Crippen LogP contribution in [-0.2, 0) is 17.8 Å². The van der Waals surface area contributed by atoms with E-state index in [2.05, 4.69) is 11.9 Å². The first-order valence-electron chi connectivity index (χ1n) is 6.92. The molecule has 0 unspecified atom stereocenters. The summed E-state index contributed by atoms with van der Waals surface area (Å²) >= 11 is 0. The van der Waals surface area contributed by atoms with Gasteiger partial charge in [0.2, 0.25) is 0 Å². The van der Waals surface area contributed by atoms with Crippen LogP contribution < -0.4 is 14.8 Å². The Morgan fingerprint density at radius 2 is 2.23 bits per heavy atom. The number of allylic oxidation sites excluding steroid dienone is 1. The quantitative estimate of drug-likeness (QED) is 0.762. The number of nitrogens with one attached hydrogen (secondary N) is 1. The lowest BCUT2D eigenvalue weighted by atomic mass is 10.1. The van der Waals surface area contributed by atoms with Crippen molar-refractivity contribution in [3.8, 4) is 11.5 Å². The molecule has 116 valence electrons. The number of carbonyl (C=O) groups excluding carboxylic acids is 1. The van der Waals surface area contributed by atoms with Gasteiger partial charge in [-0.25, -0.2) is 0 Å². The monoisotopic (exact) mass is 301 g/mol. The lowest BCUT2D eigenvalue weighted by Crippen LogP contribution is -2.28. The molecule has 0 aliphatic carbocycles. The van der Waals surface area contributed by atoms with Crippen molar-refractivity contribution in [2.75, 3.05) is 13.7 Å². The molecule has 0 aliphatic heterocycles. The number of rotatable bonds is 8. The fourth-order valence-electron chi connectivity index (χ4n) is 1.92. The molecule has 0 saturated heterocycles. The van der Waals surface area contributed by atoms with Gasteiger partial charge < -0.3 is 19.2 Å². The van der Waals surface area contributed by atoms with Crippen LogP contribution >= 0.6 is 0 Å². The Balaban J connectivity index is 1.87. The number of ether oxygens (including phenoxy) is 2. The molecule has 1 amide bonds. The van der Waals surface area contributed by atoms with Crippen molar-refractivity contribution in [1.82, 2.24) is 5.32 Å². The van der Waals surface area contributed by atoms with E-state index >= 15 is 0 Å². The smallest absolute Gasteiger partial charge is 0.258 e. The van der Waals surface area contributed by atoms with Gasteiger partial charge >= 0.3 is 0 Å². The molecule has 2 aromatic rings. The molecule has 0 radical (unpaired) electrons. The highest BCUT2D eigenvalue weighted by Crippen LogP contribution is 2.28. The van der Waals surface area contributed by atoms with Gasteiger partial charge in [0.15, 0.2) is 18.1 Å². The normalized spacial score (nSPS) is 10.0. The minimum absolute atomic E-state index is 0.0854. The maximum Gasteiger partial charge on any atom is 0.258 e. The molecule has 0 fully saturated rings. The van der Waals surface area contributed by atoms with E-state index in [0.29, 0.717) is 23.8 Å². The Bertz CT molecular complexity index is 620. The number of hydrogen-bond acceptors (Lipinski definition) is 4. The molecule has 1 aromatic heterocycles. The summed E-state index contributed by atoms with van der Waals surface area (Å²) in [4.78, 5) is 11.7. The molecule has 0 aliphatic rings. The average Bonchev–Trinajstić information content (AvgIpc) is 3.05. The van der Waals surface area contributed by atoms with E-state index in [1.54, 1.807) is 31.6 Å². The summed E-state index contributed by atoms with van der Waals surface area (Å²) in [7, 11) is 1.57. The lowest BCUT2D eigenvalue weighted by molar-refractivity contribution is -0.123. The Labute approximate surface area is 129 Å². The van der Waals surface area contributed by atoms with Crippen LogP contribution in [0.3, 0.4) is 0 Å². The zero-order valence-corrected chi connectivity index (χ0v) is 12.5. The highest BCUT2D eigenvalue weighted by Gasteiger charge is 2.08. The van der Waals surface area contributed by atoms with Crippen LogP contribution in [0.15, 0.2) is 53.7 Å². The molecule has 1 N–H and O–H groups in total. The molecule has 0 atom stereocenters. The van der Waals surface area contributed by atoms with Gasteiger partial charge in [-0.05, 0) is 36.2 Å². The molecule has 0 saturated carbocycles. The third-order valence-corrected chi connectivity index (χ3v) is 3.01. The average molecular weight is 301 g/mol. The Kier molecular flexibility index (Phi) is 5.65. The summed E-state index contributed by atoms with van der Waals surface area (Å²) in [5.41, 5.74) is 1.07. The number of carbonyl (C=O) groups is 1. The summed E-state index contributed by atoms with van der Waals surface area (Å²) < 4.78 is 15.9. The minimum atomic E-state index is -0.228. The van der Waals surface area contributed by atoms with Crippen LogP contribution in [0.4, 0.5) is 0 Å². The van der Waals surface area contributed by atoms with Crippen LogP contribution in [0.2, 0.25) is 0 Å². The van der Waals surface area contributed by atoms with Crippen molar-refractivity contribution in [2.24, 2.45) is 0 Å². The molecule has 0 spiro atoms. The van der Waals surface area contributed by atoms with E-state index in [9.17, 15) is 4.79 Å². The largest absolute Gasteiger partial charge is 0.493 e. The zero-order valence-electron chi connectivity index (χ0n) is 12.5. The predicted octanol–water partition coefficient (Wildman–Crippen LogP) is 2.71. The molecular weight excluding hydrogens is 282 g/mol. The zero-order chi connectivity index (χ0) is 15.8. The summed E-state index contributed by atoms with van der Waals surface area (Å²) in [6, 6.07) is 9.14. The second-order valence-corrected chi connectivity index (χ2v) is 4.62. The molecule has 5 heteroatoms. The van der Waals surface area contributed by atoms with Gasteiger partial charge in [-0.1, -0.05) is 12.1 Å². The Hall–Kier alpha value is -2.69. The first kappa shape index (κ1) is 15.7. The standard InChI is InChI=1S/C17H19NO4/c1-3-5-13-7-8-15(16(10-13)20-2)22-12-17(19)18-11-14-6-4-9-21-14/h3-4,6-10H,1,5,11-12H2,2H3,(H,18,19). The second kappa shape index (κ2) is 7.93. The van der Waals surface area contributed by atoms with Gasteiger partial charge in [0.1, 0.15) is 5.76 Å². The van der Waals surface area contributed by atoms with Crippen molar-refractivity contribution in [3.63, 3.8) is 0 Å². The van der Waals surface area contributed by atoms with Gasteiger partial charge in [0, 0.05) is 0 Å².